The van der Waals surface area contributed by atoms with Gasteiger partial charge in [-0.1, -0.05) is 36.0 Å². The Labute approximate surface area is 151 Å². The molecule has 3 aromatic rings. The van der Waals surface area contributed by atoms with Crippen LogP contribution in [0.1, 0.15) is 32.6 Å². The largest absolute Gasteiger partial charge is 0.293 e. The minimum atomic E-state index is 0.103. The lowest BCUT2D eigenvalue weighted by Gasteiger charge is -2.14. The van der Waals surface area contributed by atoms with E-state index in [2.05, 4.69) is 35.4 Å². The Morgan fingerprint density at radius 3 is 2.48 bits per heavy atom. The fraction of sp³-hybridized carbons (Fsp3) is 0.263. The number of hydrogen-bond donors (Lipinski definition) is 0. The van der Waals surface area contributed by atoms with Gasteiger partial charge in [0.15, 0.2) is 5.78 Å². The van der Waals surface area contributed by atoms with E-state index in [1.165, 1.54) is 22.9 Å². The number of carbonyl (C=O) groups excluding carboxylic acids is 1. The van der Waals surface area contributed by atoms with E-state index in [1.54, 1.807) is 4.68 Å². The van der Waals surface area contributed by atoms with Gasteiger partial charge in [0, 0.05) is 5.56 Å². The predicted molar refractivity (Wildman–Crippen MR) is 99.6 cm³/mol. The first-order valence-electron chi connectivity index (χ1n) is 8.06. The highest BCUT2D eigenvalue weighted by atomic mass is 32.2. The molecule has 0 spiro atoms. The topological polar surface area (TPSA) is 60.7 Å². The van der Waals surface area contributed by atoms with Crippen LogP contribution in [0.5, 0.6) is 0 Å². The zero-order valence-corrected chi connectivity index (χ0v) is 15.6. The molecule has 0 saturated heterocycles. The Kier molecular flexibility index (Phi) is 4.99. The number of carbonyl (C=O) groups is 1. The smallest absolute Gasteiger partial charge is 0.214 e. The van der Waals surface area contributed by atoms with Crippen molar-refractivity contribution in [3.8, 4) is 5.69 Å². The van der Waals surface area contributed by atoms with Crippen LogP contribution in [0.25, 0.3) is 5.69 Å². The van der Waals surface area contributed by atoms with E-state index < -0.39 is 0 Å². The predicted octanol–water partition coefficient (Wildman–Crippen LogP) is 3.87. The Hall–Kier alpha value is -2.47. The number of nitrogens with zero attached hydrogens (tertiary/aromatic N) is 4. The maximum absolute atomic E-state index is 12.8. The van der Waals surface area contributed by atoms with Crippen molar-refractivity contribution in [2.75, 3.05) is 5.75 Å². The highest BCUT2D eigenvalue weighted by molar-refractivity contribution is 7.99. The summed E-state index contributed by atoms with van der Waals surface area (Å²) in [6.45, 7) is 8.14. The minimum absolute atomic E-state index is 0.103. The summed E-state index contributed by atoms with van der Waals surface area (Å²) < 4.78 is 1.65. The van der Waals surface area contributed by atoms with Crippen LogP contribution in [0.2, 0.25) is 0 Å². The second-order valence-corrected chi connectivity index (χ2v) is 7.00. The molecule has 0 amide bonds. The summed E-state index contributed by atoms with van der Waals surface area (Å²) in [7, 11) is 0. The lowest BCUT2D eigenvalue weighted by molar-refractivity contribution is 0.102. The molecule has 0 aliphatic heterocycles. The van der Waals surface area contributed by atoms with Crippen LogP contribution in [0.15, 0.2) is 41.6 Å². The maximum Gasteiger partial charge on any atom is 0.214 e. The molecule has 3 rings (SSSR count). The molecule has 0 fully saturated rings. The first-order chi connectivity index (χ1) is 12.0. The maximum atomic E-state index is 12.8. The van der Waals surface area contributed by atoms with E-state index in [4.69, 9.17) is 0 Å². The van der Waals surface area contributed by atoms with E-state index in [0.717, 1.165) is 22.4 Å². The summed E-state index contributed by atoms with van der Waals surface area (Å²) in [4.78, 5) is 12.8. The van der Waals surface area contributed by atoms with Gasteiger partial charge in [-0.25, -0.2) is 0 Å². The van der Waals surface area contributed by atoms with Crippen molar-refractivity contribution in [1.29, 1.82) is 0 Å². The molecule has 5 nitrogen and oxygen atoms in total. The molecule has 1 aromatic heterocycles. The monoisotopic (exact) mass is 352 g/mol. The van der Waals surface area contributed by atoms with Crippen molar-refractivity contribution in [2.24, 2.45) is 0 Å². The summed E-state index contributed by atoms with van der Waals surface area (Å²) >= 11 is 1.36. The Morgan fingerprint density at radius 1 is 1.04 bits per heavy atom. The first-order valence-corrected chi connectivity index (χ1v) is 9.04. The molecule has 6 heteroatoms. The van der Waals surface area contributed by atoms with Crippen LogP contribution in [0, 0.1) is 27.7 Å². The quantitative estimate of drug-likeness (QED) is 0.515. The van der Waals surface area contributed by atoms with E-state index in [0.29, 0.717) is 10.9 Å². The summed E-state index contributed by atoms with van der Waals surface area (Å²) in [5.74, 6) is 0.405. The highest BCUT2D eigenvalue weighted by Crippen LogP contribution is 2.25. The second-order valence-electron chi connectivity index (χ2n) is 6.06. The lowest BCUT2D eigenvalue weighted by atomic mass is 9.92. The van der Waals surface area contributed by atoms with Crippen LogP contribution in [-0.4, -0.2) is 31.7 Å². The van der Waals surface area contributed by atoms with Gasteiger partial charge >= 0.3 is 0 Å². The molecule has 128 valence electrons. The van der Waals surface area contributed by atoms with Gasteiger partial charge in [0.05, 0.1) is 11.4 Å². The number of aryl methyl sites for hydroxylation is 2. The molecule has 0 saturated carbocycles. The fourth-order valence-electron chi connectivity index (χ4n) is 2.92. The molecular formula is C19H20N4OS. The summed E-state index contributed by atoms with van der Waals surface area (Å²) in [6, 6.07) is 11.7. The molecule has 0 unspecified atom stereocenters. The molecule has 0 aliphatic carbocycles. The van der Waals surface area contributed by atoms with Crippen molar-refractivity contribution in [3.63, 3.8) is 0 Å². The third kappa shape index (κ3) is 3.49. The Bertz CT molecular complexity index is 919. The van der Waals surface area contributed by atoms with Crippen molar-refractivity contribution in [1.82, 2.24) is 20.2 Å². The number of tetrazole rings is 1. The Balaban J connectivity index is 1.81. The molecule has 25 heavy (non-hydrogen) atoms. The van der Waals surface area contributed by atoms with Gasteiger partial charge in [0.1, 0.15) is 0 Å². The normalized spacial score (nSPS) is 10.9. The number of hydrogen-bond acceptors (Lipinski definition) is 5. The summed E-state index contributed by atoms with van der Waals surface area (Å²) in [5, 5.41) is 12.4. The van der Waals surface area contributed by atoms with E-state index in [9.17, 15) is 4.79 Å². The van der Waals surface area contributed by atoms with E-state index in [-0.39, 0.29) is 5.78 Å². The minimum Gasteiger partial charge on any atom is -0.293 e. The van der Waals surface area contributed by atoms with Gasteiger partial charge in [0.25, 0.3) is 0 Å². The van der Waals surface area contributed by atoms with Crippen LogP contribution in [-0.2, 0) is 0 Å². The van der Waals surface area contributed by atoms with Crippen molar-refractivity contribution >= 4 is 17.5 Å². The fourth-order valence-corrected chi connectivity index (χ4v) is 3.68. The molecule has 0 aliphatic rings. The van der Waals surface area contributed by atoms with Gasteiger partial charge in [-0.15, -0.1) is 5.10 Å². The van der Waals surface area contributed by atoms with Crippen molar-refractivity contribution in [3.05, 3.63) is 64.2 Å². The van der Waals surface area contributed by atoms with Gasteiger partial charge in [-0.3, -0.25) is 4.79 Å². The van der Waals surface area contributed by atoms with Gasteiger partial charge in [-0.05, 0) is 72.5 Å². The molecule has 0 N–H and O–H groups in total. The van der Waals surface area contributed by atoms with Crippen LogP contribution in [0.3, 0.4) is 0 Å². The highest BCUT2D eigenvalue weighted by Gasteiger charge is 2.17. The zero-order chi connectivity index (χ0) is 18.0. The lowest BCUT2D eigenvalue weighted by Crippen LogP contribution is -2.10. The number of benzene rings is 2. The van der Waals surface area contributed by atoms with Crippen molar-refractivity contribution < 1.29 is 4.79 Å². The van der Waals surface area contributed by atoms with Crippen LogP contribution < -0.4 is 0 Å². The van der Waals surface area contributed by atoms with E-state index >= 15 is 0 Å². The van der Waals surface area contributed by atoms with E-state index in [1.807, 2.05) is 44.2 Å². The van der Waals surface area contributed by atoms with Gasteiger partial charge in [-0.2, -0.15) is 4.68 Å². The molecular weight excluding hydrogens is 332 g/mol. The number of ketones is 1. The molecule has 0 radical (unpaired) electrons. The number of Topliss-reactive ketones (excluding diaryl/α,β-unsaturated/α-hetero) is 1. The van der Waals surface area contributed by atoms with Crippen molar-refractivity contribution in [2.45, 2.75) is 32.9 Å². The molecule has 1 heterocycles. The standard InChI is InChI=1S/C19H20N4OS/c1-12-10-13(2)18(15(4)14(12)3)17(24)11-25-19-20-21-22-23(19)16-8-6-5-7-9-16/h5-10H,11H2,1-4H3. The number of para-hydroxylation sites is 1. The molecule has 2 aromatic carbocycles. The summed E-state index contributed by atoms with van der Waals surface area (Å²) in [5.41, 5.74) is 6.16. The van der Waals surface area contributed by atoms with Gasteiger partial charge in [0.2, 0.25) is 5.16 Å². The number of thioether (sulfide) groups is 1. The summed E-state index contributed by atoms with van der Waals surface area (Å²) in [6.07, 6.45) is 0. The Morgan fingerprint density at radius 2 is 1.76 bits per heavy atom. The first kappa shape index (κ1) is 17.4. The number of aromatic nitrogens is 4. The zero-order valence-electron chi connectivity index (χ0n) is 14.8. The SMILES string of the molecule is Cc1cc(C)c(C(=O)CSc2nnnn2-c2ccccc2)c(C)c1C. The van der Waals surface area contributed by atoms with Crippen LogP contribution >= 0.6 is 11.8 Å². The third-order valence-electron chi connectivity index (χ3n) is 4.41. The average Bonchev–Trinajstić information content (AvgIpc) is 3.07. The number of rotatable bonds is 5. The molecule has 0 atom stereocenters. The van der Waals surface area contributed by atoms with Gasteiger partial charge < -0.3 is 0 Å². The second kappa shape index (κ2) is 7.19. The average molecular weight is 352 g/mol. The van der Waals surface area contributed by atoms with Crippen LogP contribution in [0.4, 0.5) is 0 Å². The molecule has 0 bridgehead atoms. The third-order valence-corrected chi connectivity index (χ3v) is 5.33.